The molecule has 0 saturated carbocycles. The Balaban J connectivity index is 1.40. The second-order valence-electron chi connectivity index (χ2n) is 7.50. The van der Waals surface area contributed by atoms with Crippen molar-refractivity contribution in [3.8, 4) is 0 Å². The van der Waals surface area contributed by atoms with Gasteiger partial charge in [0.15, 0.2) is 5.69 Å². The number of nitrogens with zero attached hydrogens (tertiary/aromatic N) is 3. The van der Waals surface area contributed by atoms with Gasteiger partial charge < -0.3 is 0 Å². The number of carbonyl (C=O) groups is 2. The molecule has 2 aliphatic heterocycles. The molecule has 1 atom stereocenters. The Morgan fingerprint density at radius 2 is 1.56 bits per heavy atom. The van der Waals surface area contributed by atoms with Gasteiger partial charge >= 0.3 is 5.91 Å². The zero-order valence-corrected chi connectivity index (χ0v) is 15.4. The lowest BCUT2D eigenvalue weighted by atomic mass is 10.1. The highest BCUT2D eigenvalue weighted by molar-refractivity contribution is 6.50. The smallest absolute Gasteiger partial charge is 0.297 e. The van der Waals surface area contributed by atoms with Crippen molar-refractivity contribution in [3.05, 3.63) is 65.5 Å². The standard InChI is InChI=1S/C21H23FN3O2/c1-25(19-5-3-2-4-18(19)20(26)21(25)27)15-24-12-10-23(11-13-24)14-16-6-8-17(22)9-7-16/h2-9H,10-15H2,1H3/q+1. The summed E-state index contributed by atoms with van der Waals surface area (Å²) in [5, 5.41) is 0. The number of hydrogen-bond acceptors (Lipinski definition) is 4. The number of Topliss-reactive ketones (excluding diaryl/α,β-unsaturated/α-hetero) is 1. The Morgan fingerprint density at radius 3 is 2.26 bits per heavy atom. The van der Waals surface area contributed by atoms with Crippen LogP contribution >= 0.6 is 0 Å². The summed E-state index contributed by atoms with van der Waals surface area (Å²) in [6.45, 7) is 4.71. The van der Waals surface area contributed by atoms with Crippen LogP contribution in [0.2, 0.25) is 0 Å². The third-order valence-corrected chi connectivity index (χ3v) is 5.59. The zero-order chi connectivity index (χ0) is 19.0. The van der Waals surface area contributed by atoms with Gasteiger partial charge in [-0.05, 0) is 23.8 Å². The molecule has 4 rings (SSSR count). The highest BCUT2D eigenvalue weighted by Gasteiger charge is 2.50. The molecule has 0 spiro atoms. The summed E-state index contributed by atoms with van der Waals surface area (Å²) in [6.07, 6.45) is 0. The summed E-state index contributed by atoms with van der Waals surface area (Å²) in [5.74, 6) is -0.960. The van der Waals surface area contributed by atoms with Gasteiger partial charge in [-0.1, -0.05) is 24.3 Å². The van der Waals surface area contributed by atoms with Crippen LogP contribution in [-0.4, -0.2) is 61.4 Å². The number of rotatable bonds is 4. The van der Waals surface area contributed by atoms with E-state index in [-0.39, 0.29) is 22.0 Å². The number of hydrogen-bond donors (Lipinski definition) is 0. The first-order valence-electron chi connectivity index (χ1n) is 9.21. The number of benzene rings is 2. The van der Waals surface area contributed by atoms with E-state index in [4.69, 9.17) is 0 Å². The van der Waals surface area contributed by atoms with Crippen LogP contribution in [0.1, 0.15) is 15.9 Å². The summed E-state index contributed by atoms with van der Waals surface area (Å²) in [7, 11) is 1.83. The third-order valence-electron chi connectivity index (χ3n) is 5.59. The lowest BCUT2D eigenvalue weighted by Gasteiger charge is -2.38. The van der Waals surface area contributed by atoms with Crippen molar-refractivity contribution >= 4 is 17.4 Å². The molecule has 1 fully saturated rings. The van der Waals surface area contributed by atoms with Crippen LogP contribution in [0.5, 0.6) is 0 Å². The fraction of sp³-hybridized carbons (Fsp3) is 0.333. The molecular weight excluding hydrogens is 345 g/mol. The van der Waals surface area contributed by atoms with Gasteiger partial charge in [-0.25, -0.2) is 13.7 Å². The van der Waals surface area contributed by atoms with Gasteiger partial charge in [-0.3, -0.25) is 14.6 Å². The molecule has 0 radical (unpaired) electrons. The van der Waals surface area contributed by atoms with Gasteiger partial charge in [0.1, 0.15) is 12.5 Å². The number of quaternary nitrogens is 1. The van der Waals surface area contributed by atoms with Crippen LogP contribution in [0.4, 0.5) is 10.1 Å². The molecule has 0 bridgehead atoms. The fourth-order valence-electron chi connectivity index (χ4n) is 4.02. The molecule has 0 aliphatic carbocycles. The topological polar surface area (TPSA) is 40.6 Å². The minimum atomic E-state index is -0.386. The van der Waals surface area contributed by atoms with Gasteiger partial charge in [0.05, 0.1) is 12.6 Å². The SMILES string of the molecule is C[N+]1(CN2CCN(Cc3ccc(F)cc3)CC2)C(=O)C(=O)c2ccccc21. The van der Waals surface area contributed by atoms with E-state index in [2.05, 4.69) is 9.80 Å². The maximum atomic E-state index is 13.0. The van der Waals surface area contributed by atoms with Crippen LogP contribution in [0.15, 0.2) is 48.5 Å². The molecule has 27 heavy (non-hydrogen) atoms. The van der Waals surface area contributed by atoms with Crippen molar-refractivity contribution in [2.24, 2.45) is 0 Å². The number of ketones is 1. The second-order valence-corrected chi connectivity index (χ2v) is 7.50. The van der Waals surface area contributed by atoms with Crippen LogP contribution in [0.3, 0.4) is 0 Å². The Kier molecular flexibility index (Phi) is 4.63. The van der Waals surface area contributed by atoms with E-state index in [1.165, 1.54) is 12.1 Å². The van der Waals surface area contributed by atoms with E-state index in [9.17, 15) is 14.0 Å². The molecule has 2 heterocycles. The molecule has 1 amide bonds. The molecule has 5 nitrogen and oxygen atoms in total. The average molecular weight is 368 g/mol. The van der Waals surface area contributed by atoms with Gasteiger partial charge in [-0.2, -0.15) is 0 Å². The molecule has 1 saturated heterocycles. The van der Waals surface area contributed by atoms with Gasteiger partial charge in [0.2, 0.25) is 0 Å². The number of carbonyl (C=O) groups excluding carboxylic acids is 2. The van der Waals surface area contributed by atoms with Crippen LogP contribution in [0, 0.1) is 5.82 Å². The number of piperazine rings is 1. The molecule has 140 valence electrons. The van der Waals surface area contributed by atoms with Crippen molar-refractivity contribution < 1.29 is 14.0 Å². The molecular formula is C21H23FN3O2+. The molecule has 2 aliphatic rings. The lowest BCUT2D eigenvalue weighted by molar-refractivity contribution is -0.125. The maximum absolute atomic E-state index is 13.0. The highest BCUT2D eigenvalue weighted by atomic mass is 19.1. The van der Waals surface area contributed by atoms with Gasteiger partial charge in [-0.15, -0.1) is 0 Å². The fourth-order valence-corrected chi connectivity index (χ4v) is 4.02. The Bertz CT molecular complexity index is 875. The van der Waals surface area contributed by atoms with Crippen molar-refractivity contribution in [1.82, 2.24) is 14.3 Å². The lowest BCUT2D eigenvalue weighted by Crippen LogP contribution is -2.59. The maximum Gasteiger partial charge on any atom is 0.392 e. The van der Waals surface area contributed by atoms with E-state index in [0.29, 0.717) is 12.2 Å². The molecule has 1 unspecified atom stereocenters. The molecule has 0 N–H and O–H groups in total. The normalized spacial score (nSPS) is 23.6. The van der Waals surface area contributed by atoms with E-state index in [1.54, 1.807) is 12.1 Å². The first-order valence-corrected chi connectivity index (χ1v) is 9.21. The van der Waals surface area contributed by atoms with E-state index < -0.39 is 0 Å². The number of fused-ring (bicyclic) bond motifs is 1. The minimum Gasteiger partial charge on any atom is -0.297 e. The first kappa shape index (κ1) is 18.0. The monoisotopic (exact) mass is 368 g/mol. The number of amides is 1. The number of likely N-dealkylation sites (N-methyl/N-ethyl adjacent to an activating group) is 1. The second kappa shape index (κ2) is 6.96. The number of para-hydroxylation sites is 1. The predicted molar refractivity (Wildman–Crippen MR) is 102 cm³/mol. The van der Waals surface area contributed by atoms with Crippen molar-refractivity contribution in [2.45, 2.75) is 6.54 Å². The Hall–Kier alpha value is -2.41. The molecule has 6 heteroatoms. The van der Waals surface area contributed by atoms with Gasteiger partial charge in [0.25, 0.3) is 5.78 Å². The summed E-state index contributed by atoms with van der Waals surface area (Å²) in [5.41, 5.74) is 2.42. The van der Waals surface area contributed by atoms with Crippen molar-refractivity contribution in [1.29, 1.82) is 0 Å². The van der Waals surface area contributed by atoms with E-state index in [1.807, 2.05) is 31.3 Å². The van der Waals surface area contributed by atoms with Crippen LogP contribution < -0.4 is 4.48 Å². The van der Waals surface area contributed by atoms with E-state index >= 15 is 0 Å². The zero-order valence-electron chi connectivity index (χ0n) is 15.4. The average Bonchev–Trinajstić information content (AvgIpc) is 2.87. The Morgan fingerprint density at radius 1 is 0.926 bits per heavy atom. The summed E-state index contributed by atoms with van der Waals surface area (Å²) in [6, 6.07) is 13.9. The number of halogens is 1. The molecule has 0 aromatic heterocycles. The summed E-state index contributed by atoms with van der Waals surface area (Å²) in [4.78, 5) is 29.5. The quantitative estimate of drug-likeness (QED) is 0.613. The predicted octanol–water partition coefficient (Wildman–Crippen LogP) is 2.26. The van der Waals surface area contributed by atoms with Crippen LogP contribution in [0.25, 0.3) is 0 Å². The summed E-state index contributed by atoms with van der Waals surface area (Å²) < 4.78 is 13.1. The largest absolute Gasteiger partial charge is 0.392 e. The Labute approximate surface area is 158 Å². The van der Waals surface area contributed by atoms with Crippen molar-refractivity contribution in [2.75, 3.05) is 39.9 Å². The highest BCUT2D eigenvalue weighted by Crippen LogP contribution is 2.34. The molecule has 2 aromatic carbocycles. The van der Waals surface area contributed by atoms with E-state index in [0.717, 1.165) is 44.0 Å². The minimum absolute atomic E-state index is 0.0208. The van der Waals surface area contributed by atoms with Crippen LogP contribution in [-0.2, 0) is 11.3 Å². The van der Waals surface area contributed by atoms with Gasteiger partial charge in [0, 0.05) is 38.8 Å². The van der Waals surface area contributed by atoms with Crippen molar-refractivity contribution in [3.63, 3.8) is 0 Å². The molecule has 2 aromatic rings. The first-order chi connectivity index (χ1) is 13.0. The third kappa shape index (κ3) is 3.32. The summed E-state index contributed by atoms with van der Waals surface area (Å²) >= 11 is 0.